The Hall–Kier alpha value is -1.23. The topological polar surface area (TPSA) is 38.7 Å². The highest BCUT2D eigenvalue weighted by Gasteiger charge is 2.21. The van der Waals surface area contributed by atoms with Gasteiger partial charge in [0.05, 0.1) is 19.8 Å². The van der Waals surface area contributed by atoms with Gasteiger partial charge in [-0.3, -0.25) is 0 Å². The van der Waals surface area contributed by atoms with Crippen molar-refractivity contribution in [3.63, 3.8) is 0 Å². The van der Waals surface area contributed by atoms with Gasteiger partial charge >= 0.3 is 0 Å². The molecule has 106 valence electrons. The van der Waals surface area contributed by atoms with Crippen molar-refractivity contribution < 1.29 is 14.6 Å². The second kappa shape index (κ2) is 5.64. The summed E-state index contributed by atoms with van der Waals surface area (Å²) < 4.78 is 10.8. The summed E-state index contributed by atoms with van der Waals surface area (Å²) in [5, 5.41) is 12.9. The number of methoxy groups -OCH3 is 1. The van der Waals surface area contributed by atoms with E-state index < -0.39 is 6.10 Å². The molecular weight excluding hydrogens is 296 g/mol. The van der Waals surface area contributed by atoms with Gasteiger partial charge in [-0.15, -0.1) is 11.3 Å². The van der Waals surface area contributed by atoms with E-state index in [2.05, 4.69) is 0 Å². The quantitative estimate of drug-likeness (QED) is 0.937. The van der Waals surface area contributed by atoms with Gasteiger partial charge in [0.15, 0.2) is 0 Å². The van der Waals surface area contributed by atoms with E-state index >= 15 is 0 Å². The summed E-state index contributed by atoms with van der Waals surface area (Å²) in [5.74, 6) is 1.66. The molecule has 0 saturated heterocycles. The van der Waals surface area contributed by atoms with Crippen LogP contribution in [0.5, 0.6) is 11.5 Å². The van der Waals surface area contributed by atoms with Gasteiger partial charge in [0, 0.05) is 28.1 Å². The van der Waals surface area contributed by atoms with E-state index in [9.17, 15) is 5.11 Å². The SMILES string of the molecule is COc1csc(C(O)Cc2cc(Cl)cc3c2OCC3)c1. The molecule has 0 bridgehead atoms. The summed E-state index contributed by atoms with van der Waals surface area (Å²) in [6.07, 6.45) is 0.800. The molecule has 20 heavy (non-hydrogen) atoms. The molecule has 3 nitrogen and oxygen atoms in total. The maximum atomic E-state index is 10.4. The molecule has 0 aliphatic carbocycles. The number of aliphatic hydroxyl groups is 1. The van der Waals surface area contributed by atoms with Crippen molar-refractivity contribution in [1.82, 2.24) is 0 Å². The lowest BCUT2D eigenvalue weighted by Gasteiger charge is -2.12. The fourth-order valence-electron chi connectivity index (χ4n) is 2.42. The molecule has 0 amide bonds. The Morgan fingerprint density at radius 1 is 1.45 bits per heavy atom. The van der Waals surface area contributed by atoms with Crippen LogP contribution in [-0.4, -0.2) is 18.8 Å². The van der Waals surface area contributed by atoms with Crippen LogP contribution >= 0.6 is 22.9 Å². The monoisotopic (exact) mass is 310 g/mol. The number of thiophene rings is 1. The number of fused-ring (bicyclic) bond motifs is 1. The van der Waals surface area contributed by atoms with Crippen molar-refractivity contribution in [3.8, 4) is 11.5 Å². The molecule has 0 saturated carbocycles. The van der Waals surface area contributed by atoms with Crippen molar-refractivity contribution in [3.05, 3.63) is 44.6 Å². The van der Waals surface area contributed by atoms with Crippen LogP contribution in [0.2, 0.25) is 5.02 Å². The zero-order valence-electron chi connectivity index (χ0n) is 11.1. The van der Waals surface area contributed by atoms with E-state index in [4.69, 9.17) is 21.1 Å². The molecule has 1 atom stereocenters. The van der Waals surface area contributed by atoms with E-state index in [1.54, 1.807) is 7.11 Å². The molecule has 1 aliphatic rings. The van der Waals surface area contributed by atoms with E-state index in [1.165, 1.54) is 11.3 Å². The van der Waals surface area contributed by atoms with Crippen molar-refractivity contribution >= 4 is 22.9 Å². The predicted octanol–water partition coefficient (Wildman–Crippen LogP) is 3.62. The van der Waals surface area contributed by atoms with Gasteiger partial charge < -0.3 is 14.6 Å². The number of hydrogen-bond donors (Lipinski definition) is 1. The second-order valence-corrected chi connectivity index (χ2v) is 6.14. The molecule has 0 spiro atoms. The molecular formula is C15H15ClO3S. The van der Waals surface area contributed by atoms with Gasteiger partial charge in [-0.2, -0.15) is 0 Å². The number of benzene rings is 1. The number of aliphatic hydroxyl groups excluding tert-OH is 1. The summed E-state index contributed by atoms with van der Waals surface area (Å²) in [6.45, 7) is 0.686. The number of rotatable bonds is 4. The Kier molecular flexibility index (Phi) is 3.87. The first kappa shape index (κ1) is 13.7. The highest BCUT2D eigenvalue weighted by atomic mass is 35.5. The average molecular weight is 311 g/mol. The van der Waals surface area contributed by atoms with E-state index in [0.29, 0.717) is 18.1 Å². The smallest absolute Gasteiger partial charge is 0.129 e. The zero-order valence-corrected chi connectivity index (χ0v) is 12.6. The first-order valence-corrected chi connectivity index (χ1v) is 7.67. The Bertz CT molecular complexity index is 624. The minimum Gasteiger partial charge on any atom is -0.496 e. The van der Waals surface area contributed by atoms with Crippen LogP contribution in [0.4, 0.5) is 0 Å². The lowest BCUT2D eigenvalue weighted by Crippen LogP contribution is -2.01. The largest absolute Gasteiger partial charge is 0.496 e. The number of halogens is 1. The molecule has 2 heterocycles. The summed E-state index contributed by atoms with van der Waals surface area (Å²) in [5.41, 5.74) is 2.09. The lowest BCUT2D eigenvalue weighted by molar-refractivity contribution is 0.180. The highest BCUT2D eigenvalue weighted by molar-refractivity contribution is 7.10. The summed E-state index contributed by atoms with van der Waals surface area (Å²) in [4.78, 5) is 0.883. The van der Waals surface area contributed by atoms with Gasteiger partial charge in [0.2, 0.25) is 0 Å². The van der Waals surface area contributed by atoms with Gasteiger partial charge in [-0.25, -0.2) is 0 Å². The Balaban J connectivity index is 1.84. The Morgan fingerprint density at radius 2 is 2.30 bits per heavy atom. The molecule has 1 aliphatic heterocycles. The third-order valence-corrected chi connectivity index (χ3v) is 4.63. The van der Waals surface area contributed by atoms with Crippen LogP contribution in [0.15, 0.2) is 23.6 Å². The third kappa shape index (κ3) is 2.64. The Labute approximate surface area is 126 Å². The van der Waals surface area contributed by atoms with Crippen LogP contribution in [0.25, 0.3) is 0 Å². The molecule has 1 N–H and O–H groups in total. The minimum atomic E-state index is -0.573. The van der Waals surface area contributed by atoms with E-state index in [0.717, 1.165) is 33.9 Å². The van der Waals surface area contributed by atoms with E-state index in [-0.39, 0.29) is 0 Å². The van der Waals surface area contributed by atoms with Crippen LogP contribution in [0.3, 0.4) is 0 Å². The summed E-state index contributed by atoms with van der Waals surface area (Å²) in [6, 6.07) is 5.68. The van der Waals surface area contributed by atoms with Gasteiger partial charge in [-0.1, -0.05) is 11.6 Å². The number of hydrogen-bond acceptors (Lipinski definition) is 4. The standard InChI is InChI=1S/C15H15ClO3S/c1-18-12-7-14(20-8-12)13(17)6-10-5-11(16)4-9-2-3-19-15(9)10/h4-5,7-8,13,17H,2-3,6H2,1H3. The fourth-order valence-corrected chi connectivity index (χ4v) is 3.53. The first-order chi connectivity index (χ1) is 9.67. The van der Waals surface area contributed by atoms with Crippen LogP contribution in [0.1, 0.15) is 22.1 Å². The molecule has 5 heteroatoms. The van der Waals surface area contributed by atoms with Gasteiger partial charge in [-0.05, 0) is 29.3 Å². The highest BCUT2D eigenvalue weighted by Crippen LogP contribution is 2.36. The van der Waals surface area contributed by atoms with Crippen LogP contribution in [-0.2, 0) is 12.8 Å². The maximum Gasteiger partial charge on any atom is 0.129 e. The number of ether oxygens (including phenoxy) is 2. The predicted molar refractivity (Wildman–Crippen MR) is 80.2 cm³/mol. The summed E-state index contributed by atoms with van der Waals surface area (Å²) in [7, 11) is 1.62. The lowest BCUT2D eigenvalue weighted by atomic mass is 10.0. The van der Waals surface area contributed by atoms with Crippen LogP contribution < -0.4 is 9.47 Å². The maximum absolute atomic E-state index is 10.4. The molecule has 0 fully saturated rings. The van der Waals surface area contributed by atoms with Crippen LogP contribution in [0, 0.1) is 0 Å². The van der Waals surface area contributed by atoms with Gasteiger partial charge in [0.1, 0.15) is 11.5 Å². The minimum absolute atomic E-state index is 0.493. The normalized spacial score (nSPS) is 14.8. The summed E-state index contributed by atoms with van der Waals surface area (Å²) >= 11 is 7.62. The molecule has 0 radical (unpaired) electrons. The molecule has 1 aromatic heterocycles. The molecule has 3 rings (SSSR count). The van der Waals surface area contributed by atoms with Crippen molar-refractivity contribution in [1.29, 1.82) is 0 Å². The average Bonchev–Trinajstić information content (AvgIpc) is 3.06. The van der Waals surface area contributed by atoms with Crippen molar-refractivity contribution in [2.75, 3.05) is 13.7 Å². The van der Waals surface area contributed by atoms with Crippen molar-refractivity contribution in [2.24, 2.45) is 0 Å². The zero-order chi connectivity index (χ0) is 14.1. The van der Waals surface area contributed by atoms with E-state index in [1.807, 2.05) is 23.6 Å². The second-order valence-electron chi connectivity index (χ2n) is 4.76. The first-order valence-electron chi connectivity index (χ1n) is 6.42. The molecule has 1 aromatic carbocycles. The van der Waals surface area contributed by atoms with Crippen molar-refractivity contribution in [2.45, 2.75) is 18.9 Å². The fraction of sp³-hybridized carbons (Fsp3) is 0.333. The third-order valence-electron chi connectivity index (χ3n) is 3.40. The van der Waals surface area contributed by atoms with Gasteiger partial charge in [0.25, 0.3) is 0 Å². The Morgan fingerprint density at radius 3 is 3.05 bits per heavy atom. The molecule has 1 unspecified atom stereocenters. The molecule has 2 aromatic rings.